The van der Waals surface area contributed by atoms with Gasteiger partial charge in [-0.3, -0.25) is 0 Å². The van der Waals surface area contributed by atoms with E-state index in [1.165, 1.54) is 200 Å². The first-order valence-corrected chi connectivity index (χ1v) is 37.1. The Kier molecular flexibility index (Phi) is 16.5. The van der Waals surface area contributed by atoms with E-state index < -0.39 is 0 Å². The van der Waals surface area contributed by atoms with Gasteiger partial charge in [-0.2, -0.15) is 0 Å². The van der Waals surface area contributed by atoms with Gasteiger partial charge in [-0.1, -0.05) is 375 Å². The minimum absolute atomic E-state index is 0.142. The smallest absolute Gasteiger partial charge is 0.0622 e. The zero-order valence-electron chi connectivity index (χ0n) is 62.4. The van der Waals surface area contributed by atoms with Gasteiger partial charge in [-0.25, -0.2) is 0 Å². The third-order valence-electron chi connectivity index (χ3n) is 23.4. The van der Waals surface area contributed by atoms with Crippen molar-refractivity contribution in [2.24, 2.45) is 0 Å². The summed E-state index contributed by atoms with van der Waals surface area (Å²) in [6.07, 6.45) is 1.11. The molecule has 0 amide bonds. The Morgan fingerprint density at radius 1 is 0.175 bits per heavy atom. The Hall–Kier alpha value is -10.9. The van der Waals surface area contributed by atoms with Crippen LogP contribution < -0.4 is 0 Å². The molecule has 6 aliphatic carbocycles. The summed E-state index contributed by atoms with van der Waals surface area (Å²) >= 11 is 0. The van der Waals surface area contributed by atoms with E-state index >= 15 is 0 Å². The molecule has 0 aromatic heterocycles. The first-order valence-electron chi connectivity index (χ1n) is 37.1. The largest absolute Gasteiger partial charge is 0.0725 e. The van der Waals surface area contributed by atoms with Crippen molar-refractivity contribution < 1.29 is 0 Å². The highest BCUT2D eigenvalue weighted by molar-refractivity contribution is 5.96. The van der Waals surface area contributed by atoms with Crippen molar-refractivity contribution in [2.45, 2.75) is 125 Å². The van der Waals surface area contributed by atoms with Gasteiger partial charge in [-0.05, 0) is 220 Å². The topological polar surface area (TPSA) is 0 Å². The van der Waals surface area contributed by atoms with E-state index in [9.17, 15) is 0 Å². The molecule has 0 bridgehead atoms. The van der Waals surface area contributed by atoms with E-state index in [2.05, 4.69) is 388 Å². The van der Waals surface area contributed by atoms with E-state index in [1.54, 1.807) is 0 Å². The average Bonchev–Trinajstić information content (AvgIpc) is 1.51. The summed E-state index contributed by atoms with van der Waals surface area (Å²) in [5, 5.41) is 0. The van der Waals surface area contributed by atoms with Crippen molar-refractivity contribution in [1.29, 1.82) is 0 Å². The summed E-state index contributed by atoms with van der Waals surface area (Å²) < 4.78 is 0. The maximum Gasteiger partial charge on any atom is 0.0725 e. The van der Waals surface area contributed by atoms with Gasteiger partial charge in [0.2, 0.25) is 0 Å². The third-order valence-corrected chi connectivity index (χ3v) is 23.4. The molecule has 1 spiro atoms. The Morgan fingerprint density at radius 3 is 0.767 bits per heavy atom. The lowest BCUT2D eigenvalue weighted by Crippen LogP contribution is -2.28. The molecule has 20 rings (SSSR count). The Bertz CT molecular complexity index is 5260. The molecule has 0 N–H and O–H groups in total. The predicted octanol–water partition coefficient (Wildman–Crippen LogP) is 26.4. The van der Waals surface area contributed by atoms with Crippen LogP contribution in [0.4, 0.5) is 0 Å². The second-order valence-corrected chi connectivity index (χ2v) is 31.5. The van der Waals surface area contributed by atoms with Crippen LogP contribution in [0.3, 0.4) is 0 Å². The van der Waals surface area contributed by atoms with Crippen LogP contribution in [0.1, 0.15) is 161 Å². The molecule has 0 radical (unpaired) electrons. The van der Waals surface area contributed by atoms with E-state index in [4.69, 9.17) is 0 Å². The number of aryl methyl sites for hydroxylation is 10. The molecule has 103 heavy (non-hydrogen) atoms. The lowest BCUT2D eigenvalue weighted by atomic mass is 9.67. The van der Waals surface area contributed by atoms with Crippen molar-refractivity contribution in [3.8, 4) is 66.8 Å². The molecule has 14 aromatic rings. The van der Waals surface area contributed by atoms with Gasteiger partial charge < -0.3 is 0 Å². The molecular weight excluding hydrogens is 1240 g/mol. The van der Waals surface area contributed by atoms with Gasteiger partial charge >= 0.3 is 0 Å². The summed E-state index contributed by atoms with van der Waals surface area (Å²) in [6, 6.07) is 108. The van der Waals surface area contributed by atoms with Crippen LogP contribution in [-0.4, -0.2) is 0 Å². The van der Waals surface area contributed by atoms with Crippen molar-refractivity contribution in [3.05, 3.63) is 425 Å². The van der Waals surface area contributed by atoms with Crippen LogP contribution in [0.25, 0.3) is 66.8 Å². The summed E-state index contributed by atoms with van der Waals surface area (Å²) in [6.45, 7) is 31.1. The van der Waals surface area contributed by atoms with E-state index in [0.717, 1.165) is 6.42 Å². The third kappa shape index (κ3) is 10.9. The van der Waals surface area contributed by atoms with Crippen LogP contribution in [0.15, 0.2) is 291 Å². The van der Waals surface area contributed by atoms with Gasteiger partial charge in [-0.15, -0.1) is 0 Å². The van der Waals surface area contributed by atoms with Gasteiger partial charge in [0.15, 0.2) is 0 Å². The van der Waals surface area contributed by atoms with E-state index in [1.807, 2.05) is 0 Å². The molecule has 0 aliphatic heterocycles. The summed E-state index contributed by atoms with van der Waals surface area (Å²) in [5.74, 6) is 0. The summed E-state index contributed by atoms with van der Waals surface area (Å²) in [5.41, 5.74) is 49.8. The predicted molar refractivity (Wildman–Crippen MR) is 437 cm³/mol. The number of benzene rings is 14. The molecule has 0 fully saturated rings. The average molecular weight is 1330 g/mol. The molecule has 0 unspecified atom stereocenters. The quantitative estimate of drug-likeness (QED) is 0.162. The van der Waals surface area contributed by atoms with E-state index in [0.29, 0.717) is 0 Å². The van der Waals surface area contributed by atoms with Gasteiger partial charge in [0.05, 0.1) is 10.8 Å². The fraction of sp³-hybridized carbons (Fsp3) is 0.184. The minimum Gasteiger partial charge on any atom is -0.0622 e. The van der Waals surface area contributed by atoms with Crippen molar-refractivity contribution in [1.82, 2.24) is 0 Å². The lowest BCUT2D eigenvalue weighted by molar-refractivity contribution is 0.659. The summed E-state index contributed by atoms with van der Waals surface area (Å²) in [4.78, 5) is 0. The van der Waals surface area contributed by atoms with Crippen LogP contribution >= 0.6 is 0 Å². The molecule has 0 saturated carbocycles. The fourth-order valence-electron chi connectivity index (χ4n) is 18.5. The van der Waals surface area contributed by atoms with Crippen molar-refractivity contribution in [3.63, 3.8) is 0 Å². The maximum atomic E-state index is 2.41. The Morgan fingerprint density at radius 2 is 0.417 bits per heavy atom. The molecular formula is C103H92. The molecule has 0 heterocycles. The molecule has 0 nitrogen and oxygen atoms in total. The number of fused-ring (bicyclic) bond motifs is 22. The Balaban J connectivity index is 0.000000102. The summed E-state index contributed by atoms with van der Waals surface area (Å²) in [7, 11) is 0. The van der Waals surface area contributed by atoms with Crippen LogP contribution in [0.2, 0.25) is 0 Å². The lowest BCUT2D eigenvalue weighted by Gasteiger charge is -2.34. The normalized spacial score (nSPS) is 14.4. The number of hydrogen-bond donors (Lipinski definition) is 0. The van der Waals surface area contributed by atoms with Crippen molar-refractivity contribution >= 4 is 0 Å². The first kappa shape index (κ1) is 66.6. The maximum absolute atomic E-state index is 2.41. The second-order valence-electron chi connectivity index (χ2n) is 31.5. The number of rotatable bonds is 2. The zero-order chi connectivity index (χ0) is 71.4. The monoisotopic (exact) mass is 1330 g/mol. The van der Waals surface area contributed by atoms with E-state index in [-0.39, 0.29) is 21.7 Å². The minimum atomic E-state index is -0.273. The van der Waals surface area contributed by atoms with Crippen LogP contribution in [0.5, 0.6) is 0 Å². The molecule has 504 valence electrons. The van der Waals surface area contributed by atoms with Crippen LogP contribution in [-0.2, 0) is 28.1 Å². The fourth-order valence-corrected chi connectivity index (χ4v) is 18.5. The highest BCUT2D eigenvalue weighted by Gasteiger charge is 2.52. The molecule has 14 aromatic carbocycles. The highest BCUT2D eigenvalue weighted by Crippen LogP contribution is 2.63. The van der Waals surface area contributed by atoms with Gasteiger partial charge in [0.1, 0.15) is 0 Å². The first-order chi connectivity index (χ1) is 49.7. The Labute approximate surface area is 612 Å². The second kappa shape index (κ2) is 25.5. The number of hydrogen-bond acceptors (Lipinski definition) is 0. The van der Waals surface area contributed by atoms with Crippen molar-refractivity contribution in [2.75, 3.05) is 0 Å². The van der Waals surface area contributed by atoms with Gasteiger partial charge in [0, 0.05) is 10.8 Å². The molecule has 0 heteroatoms. The SMILES string of the molecule is Cc1ccc2c(c1)-c1cc(C)ccc1C2(C)C.Cc1ccc2c(c1)C(C)(C)c1cc(C)ccc1-2.Cc1ccc2c(c1)C(c1ccccc1)(c1ccccc1)c1cc(C)ccc1-2.Cc1ccc2c(c1)C1(c3ccccc3-c3ccccc31)c1cc(C)ccc1-2.Cc1ccc2c(c1)Cc1cc(C)ccc1-2. The standard InChI is InChI=1S/C27H20.C27H22.2C17H18.C15H14/c1-17-11-13-21-22-14-12-18(2)16-26(22)27(25(21)15-17)23-9-5-3-7-19(23)20-8-4-6-10-24(20)27;1-19-13-15-23-24-16-14-20(2)18-26(24)27(25(23)17-19,21-9-5-3-6-10-21)22-11-7-4-8-12-22;1-11-5-7-15-13(9-11)14-10-12(2)6-8-16(14)17(15,3)4;1-11-5-7-13-14-8-6-12(2)10-16(14)17(3,4)15(13)9-11;1-10-3-5-14-12(7-10)9-13-8-11(2)4-6-15(13)14/h3-16H,1-2H3;3-18H,1-2H3;2*5-10H,1-4H3;3-8H,9H2,1-2H3. The van der Waals surface area contributed by atoms with Gasteiger partial charge in [0.25, 0.3) is 0 Å². The molecule has 0 atom stereocenters. The van der Waals surface area contributed by atoms with Crippen LogP contribution in [0, 0.1) is 69.2 Å². The molecule has 6 aliphatic rings. The molecule has 0 saturated heterocycles. The zero-order valence-corrected chi connectivity index (χ0v) is 62.4. The highest BCUT2D eigenvalue weighted by atomic mass is 14.5.